The van der Waals surface area contributed by atoms with Gasteiger partial charge in [0.05, 0.1) is 29.3 Å². The number of halogens is 1. The summed E-state index contributed by atoms with van der Waals surface area (Å²) < 4.78 is 4.85. The van der Waals surface area contributed by atoms with Crippen molar-refractivity contribution in [3.8, 4) is 0 Å². The number of nitrogens with zero attached hydrogens (tertiary/aromatic N) is 1. The molecule has 0 radical (unpaired) electrons. The monoisotopic (exact) mass is 338 g/mol. The van der Waals surface area contributed by atoms with Gasteiger partial charge in [0.15, 0.2) is 5.13 Å². The van der Waals surface area contributed by atoms with Crippen LogP contribution in [-0.4, -0.2) is 23.5 Å². The molecule has 0 saturated heterocycles. The van der Waals surface area contributed by atoms with Gasteiger partial charge >= 0.3 is 5.97 Å². The smallest absolute Gasteiger partial charge is 0.311 e. The van der Waals surface area contributed by atoms with Crippen LogP contribution in [0.3, 0.4) is 0 Å². The number of anilines is 1. The van der Waals surface area contributed by atoms with Crippen molar-refractivity contribution in [2.24, 2.45) is 0 Å². The van der Waals surface area contributed by atoms with Gasteiger partial charge in [-0.25, -0.2) is 4.98 Å². The van der Waals surface area contributed by atoms with Gasteiger partial charge in [-0.2, -0.15) is 0 Å². The molecule has 1 aromatic carbocycles. The van der Waals surface area contributed by atoms with Gasteiger partial charge in [-0.1, -0.05) is 17.7 Å². The van der Waals surface area contributed by atoms with E-state index in [2.05, 4.69) is 10.3 Å². The zero-order chi connectivity index (χ0) is 16.1. The first-order valence-corrected chi connectivity index (χ1v) is 7.93. The van der Waals surface area contributed by atoms with E-state index in [9.17, 15) is 9.59 Å². The van der Waals surface area contributed by atoms with Crippen LogP contribution in [0.4, 0.5) is 5.13 Å². The summed E-state index contributed by atoms with van der Waals surface area (Å²) in [5.41, 5.74) is 1.93. The van der Waals surface area contributed by atoms with E-state index < -0.39 is 0 Å². The molecule has 1 N–H and O–H groups in total. The summed E-state index contributed by atoms with van der Waals surface area (Å²) in [6.45, 7) is 3.98. The fourth-order valence-electron chi connectivity index (χ4n) is 1.77. The molecule has 1 aromatic heterocycles. The number of rotatable bonds is 5. The SMILES string of the molecule is CCOC(=O)Cc1csc(NC(=O)c2ccc(C)cc2Cl)n1. The normalized spacial score (nSPS) is 10.3. The van der Waals surface area contributed by atoms with E-state index in [-0.39, 0.29) is 18.3 Å². The van der Waals surface area contributed by atoms with Crippen molar-refractivity contribution in [3.63, 3.8) is 0 Å². The maximum atomic E-state index is 12.2. The van der Waals surface area contributed by atoms with Gasteiger partial charge in [0, 0.05) is 5.38 Å². The molecule has 7 heteroatoms. The van der Waals surface area contributed by atoms with E-state index >= 15 is 0 Å². The molecule has 0 fully saturated rings. The lowest BCUT2D eigenvalue weighted by Gasteiger charge is -2.04. The highest BCUT2D eigenvalue weighted by atomic mass is 35.5. The highest BCUT2D eigenvalue weighted by Crippen LogP contribution is 2.21. The molecule has 0 atom stereocenters. The lowest BCUT2D eigenvalue weighted by molar-refractivity contribution is -0.142. The first-order chi connectivity index (χ1) is 10.5. The predicted molar refractivity (Wildman–Crippen MR) is 86.6 cm³/mol. The quantitative estimate of drug-likeness (QED) is 0.848. The van der Waals surface area contributed by atoms with Crippen molar-refractivity contribution < 1.29 is 14.3 Å². The second-order valence-electron chi connectivity index (χ2n) is 4.56. The fourth-order valence-corrected chi connectivity index (χ4v) is 2.80. The number of hydrogen-bond donors (Lipinski definition) is 1. The van der Waals surface area contributed by atoms with Gasteiger partial charge < -0.3 is 4.74 Å². The third-order valence-corrected chi connectivity index (χ3v) is 3.89. The number of esters is 1. The Labute approximate surface area is 137 Å². The largest absolute Gasteiger partial charge is 0.466 e. The van der Waals surface area contributed by atoms with E-state index in [1.807, 2.05) is 13.0 Å². The highest BCUT2D eigenvalue weighted by Gasteiger charge is 2.14. The first kappa shape index (κ1) is 16.5. The number of carbonyl (C=O) groups is 2. The van der Waals surface area contributed by atoms with E-state index in [1.165, 1.54) is 11.3 Å². The van der Waals surface area contributed by atoms with Gasteiger partial charge in [-0.05, 0) is 31.5 Å². The number of aromatic nitrogens is 1. The minimum Gasteiger partial charge on any atom is -0.466 e. The molecule has 1 heterocycles. The fraction of sp³-hybridized carbons (Fsp3) is 0.267. The molecule has 0 aliphatic carbocycles. The van der Waals surface area contributed by atoms with E-state index in [4.69, 9.17) is 16.3 Å². The maximum Gasteiger partial charge on any atom is 0.311 e. The average molecular weight is 339 g/mol. The van der Waals surface area contributed by atoms with Crippen LogP contribution < -0.4 is 5.32 Å². The zero-order valence-corrected chi connectivity index (χ0v) is 13.8. The minimum atomic E-state index is -0.341. The molecule has 22 heavy (non-hydrogen) atoms. The van der Waals surface area contributed by atoms with Crippen LogP contribution in [0.25, 0.3) is 0 Å². The summed E-state index contributed by atoms with van der Waals surface area (Å²) in [5, 5.41) is 5.19. The van der Waals surface area contributed by atoms with Gasteiger partial charge in [0.1, 0.15) is 0 Å². The number of hydrogen-bond acceptors (Lipinski definition) is 5. The number of benzene rings is 1. The molecule has 0 saturated carbocycles. The third-order valence-electron chi connectivity index (χ3n) is 2.77. The highest BCUT2D eigenvalue weighted by molar-refractivity contribution is 7.14. The van der Waals surface area contributed by atoms with Crippen molar-refractivity contribution in [2.45, 2.75) is 20.3 Å². The van der Waals surface area contributed by atoms with Gasteiger partial charge in [0.2, 0.25) is 0 Å². The summed E-state index contributed by atoms with van der Waals surface area (Å²) in [7, 11) is 0. The Balaban J connectivity index is 2.03. The maximum absolute atomic E-state index is 12.2. The van der Waals surface area contributed by atoms with Crippen LogP contribution in [0, 0.1) is 6.92 Å². The second kappa shape index (κ2) is 7.38. The number of thiazole rings is 1. The number of ether oxygens (including phenoxy) is 1. The zero-order valence-electron chi connectivity index (χ0n) is 12.2. The molecular weight excluding hydrogens is 324 g/mol. The summed E-state index contributed by atoms with van der Waals surface area (Å²) in [6.07, 6.45) is 0.0888. The lowest BCUT2D eigenvalue weighted by Crippen LogP contribution is -2.13. The molecular formula is C15H15ClN2O3S. The molecule has 5 nitrogen and oxygen atoms in total. The van der Waals surface area contributed by atoms with Crippen LogP contribution in [0.1, 0.15) is 28.5 Å². The Morgan fingerprint density at radius 3 is 2.86 bits per heavy atom. The van der Waals surface area contributed by atoms with Crippen LogP contribution in [0.5, 0.6) is 0 Å². The molecule has 1 amide bonds. The Hall–Kier alpha value is -1.92. The Morgan fingerprint density at radius 2 is 2.18 bits per heavy atom. The van der Waals surface area contributed by atoms with Crippen LogP contribution in [0.15, 0.2) is 23.6 Å². The lowest BCUT2D eigenvalue weighted by atomic mass is 10.1. The molecule has 116 valence electrons. The first-order valence-electron chi connectivity index (χ1n) is 6.67. The van der Waals surface area contributed by atoms with Crippen molar-refractivity contribution in [2.75, 3.05) is 11.9 Å². The Bertz CT molecular complexity index is 700. The summed E-state index contributed by atoms with van der Waals surface area (Å²) in [4.78, 5) is 27.7. The summed E-state index contributed by atoms with van der Waals surface area (Å²) >= 11 is 7.31. The summed E-state index contributed by atoms with van der Waals surface area (Å²) in [6, 6.07) is 5.21. The molecule has 0 bridgehead atoms. The molecule has 0 spiro atoms. The van der Waals surface area contributed by atoms with E-state index in [1.54, 1.807) is 24.4 Å². The van der Waals surface area contributed by atoms with Gasteiger partial charge in [-0.3, -0.25) is 14.9 Å². The van der Waals surface area contributed by atoms with Crippen LogP contribution in [0.2, 0.25) is 5.02 Å². The predicted octanol–water partition coefficient (Wildman–Crippen LogP) is 3.46. The van der Waals surface area contributed by atoms with Crippen molar-refractivity contribution in [1.82, 2.24) is 4.98 Å². The molecule has 2 aromatic rings. The average Bonchev–Trinajstić information content (AvgIpc) is 2.85. The van der Waals surface area contributed by atoms with Crippen LogP contribution in [-0.2, 0) is 16.0 Å². The number of carbonyl (C=O) groups excluding carboxylic acids is 2. The van der Waals surface area contributed by atoms with Gasteiger partial charge in [-0.15, -0.1) is 11.3 Å². The summed E-state index contributed by atoms with van der Waals surface area (Å²) in [5.74, 6) is -0.672. The van der Waals surface area contributed by atoms with Crippen molar-refractivity contribution in [1.29, 1.82) is 0 Å². The Kier molecular flexibility index (Phi) is 5.51. The third kappa shape index (κ3) is 4.29. The Morgan fingerprint density at radius 1 is 1.41 bits per heavy atom. The van der Waals surface area contributed by atoms with Crippen LogP contribution >= 0.6 is 22.9 Å². The van der Waals surface area contributed by atoms with E-state index in [0.717, 1.165) is 5.56 Å². The molecule has 0 aliphatic heterocycles. The second-order valence-corrected chi connectivity index (χ2v) is 5.83. The van der Waals surface area contributed by atoms with Crippen molar-refractivity contribution in [3.05, 3.63) is 45.4 Å². The topological polar surface area (TPSA) is 68.3 Å². The van der Waals surface area contributed by atoms with Crippen molar-refractivity contribution >= 4 is 39.9 Å². The standard InChI is InChI=1S/C15H15ClN2O3S/c1-3-21-13(19)7-10-8-22-15(17-10)18-14(20)11-5-4-9(2)6-12(11)16/h4-6,8H,3,7H2,1-2H3,(H,17,18,20). The molecule has 2 rings (SSSR count). The number of amides is 1. The molecule has 0 unspecified atom stereocenters. The minimum absolute atomic E-state index is 0.0888. The van der Waals surface area contributed by atoms with Gasteiger partial charge in [0.25, 0.3) is 5.91 Å². The molecule has 0 aliphatic rings. The number of aryl methyl sites for hydroxylation is 1. The van der Waals surface area contributed by atoms with E-state index in [0.29, 0.717) is 28.0 Å². The number of nitrogens with one attached hydrogen (secondary N) is 1.